The van der Waals surface area contributed by atoms with E-state index in [1.807, 2.05) is 6.92 Å². The maximum Gasteiger partial charge on any atom is 0.407 e. The van der Waals surface area contributed by atoms with Crippen molar-refractivity contribution < 1.29 is 19.4 Å². The lowest BCUT2D eigenvalue weighted by Crippen LogP contribution is -2.32. The molecule has 31 heavy (non-hydrogen) atoms. The Bertz CT molecular complexity index is 706. The Morgan fingerprint density at radius 1 is 1.29 bits per heavy atom. The van der Waals surface area contributed by atoms with Gasteiger partial charge in [0.15, 0.2) is 0 Å². The first kappa shape index (κ1) is 24.3. The van der Waals surface area contributed by atoms with Crippen molar-refractivity contribution in [2.45, 2.75) is 56.3 Å². The summed E-state index contributed by atoms with van der Waals surface area (Å²) in [4.78, 5) is 15.4. The zero-order chi connectivity index (χ0) is 22.2. The van der Waals surface area contributed by atoms with Crippen LogP contribution in [0.3, 0.4) is 0 Å². The number of carbonyl (C=O) groups excluding carboxylic acids is 1. The third-order valence-corrected chi connectivity index (χ3v) is 7.14. The molecule has 2 fully saturated rings. The minimum Gasteiger partial charge on any atom is -0.446 e. The van der Waals surface area contributed by atoms with E-state index in [0.717, 1.165) is 67.9 Å². The van der Waals surface area contributed by atoms with Gasteiger partial charge in [-0.05, 0) is 81.4 Å². The summed E-state index contributed by atoms with van der Waals surface area (Å²) in [5.41, 5.74) is 2.07. The average molecular weight is 452 g/mol. The molecular weight excluding hydrogens is 414 g/mol. The highest BCUT2D eigenvalue weighted by atomic mass is 32.2. The summed E-state index contributed by atoms with van der Waals surface area (Å²) in [6, 6.07) is 6.20. The largest absolute Gasteiger partial charge is 0.446 e. The van der Waals surface area contributed by atoms with Crippen LogP contribution in [-0.2, 0) is 16.1 Å². The van der Waals surface area contributed by atoms with E-state index in [-0.39, 0.29) is 24.9 Å². The fourth-order valence-corrected chi connectivity index (χ4v) is 5.21. The highest BCUT2D eigenvalue weighted by molar-refractivity contribution is 7.97. The quantitative estimate of drug-likeness (QED) is 0.396. The third-order valence-electron chi connectivity index (χ3n) is 6.06. The van der Waals surface area contributed by atoms with E-state index in [4.69, 9.17) is 9.47 Å². The molecule has 7 nitrogen and oxygen atoms in total. The van der Waals surface area contributed by atoms with Gasteiger partial charge in [0.1, 0.15) is 6.10 Å². The van der Waals surface area contributed by atoms with Crippen LogP contribution in [-0.4, -0.2) is 79.5 Å². The molecule has 2 N–H and O–H groups in total. The van der Waals surface area contributed by atoms with E-state index in [1.54, 1.807) is 11.9 Å². The number of aliphatic hydroxyl groups is 1. The molecular formula is C23H37N3O4S. The summed E-state index contributed by atoms with van der Waals surface area (Å²) < 4.78 is 13.6. The minimum absolute atomic E-state index is 0.00953. The Kier molecular flexibility index (Phi) is 9.47. The van der Waals surface area contributed by atoms with E-state index in [2.05, 4.69) is 46.8 Å². The second-order valence-electron chi connectivity index (χ2n) is 8.81. The zero-order valence-corrected chi connectivity index (χ0v) is 19.8. The van der Waals surface area contributed by atoms with Crippen molar-refractivity contribution >= 4 is 18.0 Å². The Balaban J connectivity index is 1.40. The normalized spacial score (nSPS) is 22.8. The molecule has 1 heterocycles. The van der Waals surface area contributed by atoms with Crippen LogP contribution in [0.15, 0.2) is 23.1 Å². The van der Waals surface area contributed by atoms with Crippen molar-refractivity contribution in [3.63, 3.8) is 0 Å². The number of rotatable bonds is 11. The van der Waals surface area contributed by atoms with Crippen LogP contribution in [0, 0.1) is 12.8 Å². The highest BCUT2D eigenvalue weighted by Crippen LogP contribution is 2.37. The van der Waals surface area contributed by atoms with Gasteiger partial charge in [-0.25, -0.2) is 9.10 Å². The molecule has 1 aromatic carbocycles. The Hall–Kier alpha value is -1.32. The van der Waals surface area contributed by atoms with E-state index < -0.39 is 0 Å². The summed E-state index contributed by atoms with van der Waals surface area (Å²) in [6.07, 6.45) is 3.65. The molecule has 174 valence electrons. The number of hydrogen-bond donors (Lipinski definition) is 2. The molecule has 1 saturated heterocycles. The molecule has 3 atom stereocenters. The molecule has 0 unspecified atom stereocenters. The lowest BCUT2D eigenvalue weighted by Gasteiger charge is -2.23. The third kappa shape index (κ3) is 7.64. The van der Waals surface area contributed by atoms with Gasteiger partial charge in [-0.15, -0.1) is 0 Å². The first-order valence-electron chi connectivity index (χ1n) is 11.3. The van der Waals surface area contributed by atoms with E-state index in [1.165, 1.54) is 0 Å². The number of carbonyl (C=O) groups is 1. The summed E-state index contributed by atoms with van der Waals surface area (Å²) in [5.74, 6) is 0.563. The topological polar surface area (TPSA) is 74.3 Å². The summed E-state index contributed by atoms with van der Waals surface area (Å²) in [6.45, 7) is 6.22. The average Bonchev–Trinajstić information content (AvgIpc) is 3.32. The van der Waals surface area contributed by atoms with Gasteiger partial charge < -0.3 is 24.8 Å². The molecule has 1 aliphatic heterocycles. The number of alkyl carbamates (subject to hydrolysis) is 1. The number of benzene rings is 1. The lowest BCUT2D eigenvalue weighted by molar-refractivity contribution is 0.0657. The van der Waals surface area contributed by atoms with Crippen molar-refractivity contribution in [3.05, 3.63) is 29.3 Å². The maximum atomic E-state index is 12.1. The minimum atomic E-state index is -0.316. The molecule has 0 aromatic heterocycles. The SMILES string of the molecule is Cc1ccc(SN(CCCNC(=O)O[C@H]2C[C@H]3CCO[C@H]3C2)CCN(C)C)cc1CO. The van der Waals surface area contributed by atoms with Crippen LogP contribution in [0.1, 0.15) is 36.8 Å². The number of aliphatic hydroxyl groups excluding tert-OH is 1. The van der Waals surface area contributed by atoms with Gasteiger partial charge in [0.25, 0.3) is 0 Å². The molecule has 0 bridgehead atoms. The predicted octanol–water partition coefficient (Wildman–Crippen LogP) is 3.04. The Labute approximate surface area is 190 Å². The molecule has 0 radical (unpaired) electrons. The number of hydrogen-bond acceptors (Lipinski definition) is 7. The number of likely N-dealkylation sites (N-methyl/N-ethyl adjacent to an activating group) is 1. The Morgan fingerprint density at radius 2 is 2.13 bits per heavy atom. The predicted molar refractivity (Wildman–Crippen MR) is 123 cm³/mol. The van der Waals surface area contributed by atoms with Gasteiger partial charge in [0.05, 0.1) is 12.7 Å². The zero-order valence-electron chi connectivity index (χ0n) is 19.0. The molecule has 1 amide bonds. The van der Waals surface area contributed by atoms with Gasteiger partial charge in [0.2, 0.25) is 0 Å². The Morgan fingerprint density at radius 3 is 2.87 bits per heavy atom. The number of nitrogens with one attached hydrogen (secondary N) is 1. The smallest absolute Gasteiger partial charge is 0.407 e. The van der Waals surface area contributed by atoms with Gasteiger partial charge in [-0.1, -0.05) is 6.07 Å². The number of fused-ring (bicyclic) bond motifs is 1. The van der Waals surface area contributed by atoms with Gasteiger partial charge in [0, 0.05) is 44.1 Å². The molecule has 8 heteroatoms. The molecule has 1 aromatic rings. The number of aryl methyl sites for hydroxylation is 1. The van der Waals surface area contributed by atoms with Crippen molar-refractivity contribution in [1.29, 1.82) is 0 Å². The van der Waals surface area contributed by atoms with Gasteiger partial charge in [-0.2, -0.15) is 0 Å². The first-order chi connectivity index (χ1) is 14.9. The maximum absolute atomic E-state index is 12.1. The number of nitrogens with zero attached hydrogens (tertiary/aromatic N) is 2. The van der Waals surface area contributed by atoms with Crippen molar-refractivity contribution in [2.24, 2.45) is 5.92 Å². The lowest BCUT2D eigenvalue weighted by atomic mass is 10.1. The standard InChI is InChI=1S/C23H37N3O4S/c1-17-5-6-21(14-19(17)16-27)31-26(11-10-25(2)3)9-4-8-24-23(28)30-20-13-18-7-12-29-22(18)15-20/h5-6,14,18,20,22,27H,4,7-13,15-16H2,1-3H3,(H,24,28)/t18-,20+,22+/m1/s1. The van der Waals surface area contributed by atoms with Gasteiger partial charge >= 0.3 is 6.09 Å². The molecule has 1 aliphatic carbocycles. The first-order valence-corrected chi connectivity index (χ1v) is 12.1. The van der Waals surface area contributed by atoms with Gasteiger partial charge in [-0.3, -0.25) is 0 Å². The van der Waals surface area contributed by atoms with E-state index >= 15 is 0 Å². The molecule has 0 spiro atoms. The van der Waals surface area contributed by atoms with Crippen LogP contribution < -0.4 is 5.32 Å². The monoisotopic (exact) mass is 451 g/mol. The van der Waals surface area contributed by atoms with Crippen LogP contribution >= 0.6 is 11.9 Å². The second kappa shape index (κ2) is 12.1. The van der Waals surface area contributed by atoms with Crippen LogP contribution in [0.25, 0.3) is 0 Å². The van der Waals surface area contributed by atoms with E-state index in [0.29, 0.717) is 12.5 Å². The summed E-state index contributed by atoms with van der Waals surface area (Å²) in [5, 5.41) is 12.4. The second-order valence-corrected chi connectivity index (χ2v) is 9.98. The summed E-state index contributed by atoms with van der Waals surface area (Å²) >= 11 is 1.70. The molecule has 3 rings (SSSR count). The van der Waals surface area contributed by atoms with E-state index in [9.17, 15) is 9.90 Å². The highest BCUT2D eigenvalue weighted by Gasteiger charge is 2.40. The molecule has 2 aliphatic rings. The number of amides is 1. The molecule has 1 saturated carbocycles. The fourth-order valence-electron chi connectivity index (χ4n) is 4.19. The summed E-state index contributed by atoms with van der Waals surface area (Å²) in [7, 11) is 4.14. The van der Waals surface area contributed by atoms with Crippen molar-refractivity contribution in [1.82, 2.24) is 14.5 Å². The number of ether oxygens (including phenoxy) is 2. The van der Waals surface area contributed by atoms with Crippen molar-refractivity contribution in [3.8, 4) is 0 Å². The fraction of sp³-hybridized carbons (Fsp3) is 0.696. The van der Waals surface area contributed by atoms with Crippen molar-refractivity contribution in [2.75, 3.05) is 46.9 Å². The van der Waals surface area contributed by atoms with Crippen LogP contribution in [0.2, 0.25) is 0 Å². The van der Waals surface area contributed by atoms with Crippen LogP contribution in [0.4, 0.5) is 4.79 Å². The van der Waals surface area contributed by atoms with Crippen LogP contribution in [0.5, 0.6) is 0 Å².